The number of unbranched alkanes of at least 4 members (excludes halogenated alkanes) is 1. The summed E-state index contributed by atoms with van der Waals surface area (Å²) in [5.74, 6) is -0.0386. The number of carboxylic acids is 1. The number of carbonyl (C=O) groups excluding carboxylic acids is 1. The van der Waals surface area contributed by atoms with Gasteiger partial charge in [-0.05, 0) is 19.4 Å². The van der Waals surface area contributed by atoms with E-state index in [1.165, 1.54) is 29.5 Å². The highest BCUT2D eigenvalue weighted by molar-refractivity contribution is 8.01. The monoisotopic (exact) mass is 357 g/mol. The second-order valence-corrected chi connectivity index (χ2v) is 7.69. The maximum Gasteiger partial charge on any atom is 0.355 e. The first-order valence-corrected chi connectivity index (χ1v) is 9.80. The molecule has 0 bridgehead atoms. The number of nitrogens with zero attached hydrogens (tertiary/aromatic N) is 2. The van der Waals surface area contributed by atoms with Crippen molar-refractivity contribution < 1.29 is 14.7 Å². The predicted octanol–water partition coefficient (Wildman–Crippen LogP) is 2.31. The first-order chi connectivity index (χ1) is 11.1. The summed E-state index contributed by atoms with van der Waals surface area (Å²) >= 11 is 2.85. The van der Waals surface area contributed by atoms with Crippen LogP contribution in [0.15, 0.2) is 9.72 Å². The summed E-state index contributed by atoms with van der Waals surface area (Å²) in [6, 6.07) is 0.283. The van der Waals surface area contributed by atoms with Crippen LogP contribution in [0.25, 0.3) is 0 Å². The molecule has 1 aliphatic heterocycles. The van der Waals surface area contributed by atoms with Crippen LogP contribution >= 0.6 is 23.1 Å². The minimum absolute atomic E-state index is 0.0905. The number of carbonyl (C=O) groups is 2. The Hall–Kier alpha value is -1.12. The van der Waals surface area contributed by atoms with Crippen LogP contribution in [0.3, 0.4) is 0 Å². The highest BCUT2D eigenvalue weighted by Gasteiger charge is 2.30. The molecule has 128 valence electrons. The number of thioether (sulfide) groups is 1. The van der Waals surface area contributed by atoms with Crippen molar-refractivity contribution in [1.29, 1.82) is 0 Å². The summed E-state index contributed by atoms with van der Waals surface area (Å²) in [5, 5.41) is 13.8. The van der Waals surface area contributed by atoms with Gasteiger partial charge in [-0.1, -0.05) is 25.1 Å². The van der Waals surface area contributed by atoms with E-state index in [1.54, 1.807) is 5.38 Å². The lowest BCUT2D eigenvalue weighted by Gasteiger charge is -2.25. The number of hydrogen-bond donors (Lipinski definition) is 2. The molecular formula is C15H23N3O3S2. The third kappa shape index (κ3) is 5.47. The van der Waals surface area contributed by atoms with Crippen LogP contribution in [0.5, 0.6) is 0 Å². The van der Waals surface area contributed by atoms with Crippen LogP contribution in [0.4, 0.5) is 0 Å². The van der Waals surface area contributed by atoms with E-state index in [-0.39, 0.29) is 17.6 Å². The van der Waals surface area contributed by atoms with E-state index in [9.17, 15) is 9.59 Å². The van der Waals surface area contributed by atoms with Gasteiger partial charge in [0.05, 0.1) is 0 Å². The summed E-state index contributed by atoms with van der Waals surface area (Å²) in [4.78, 5) is 28.8. The molecule has 1 aliphatic rings. The minimum atomic E-state index is -0.999. The smallest absolute Gasteiger partial charge is 0.355 e. The highest BCUT2D eigenvalue weighted by Crippen LogP contribution is 2.24. The quantitative estimate of drug-likeness (QED) is 0.494. The minimum Gasteiger partial charge on any atom is -0.476 e. The van der Waals surface area contributed by atoms with Gasteiger partial charge in [-0.15, -0.1) is 11.3 Å². The fourth-order valence-electron chi connectivity index (χ4n) is 2.54. The molecule has 0 unspecified atom stereocenters. The van der Waals surface area contributed by atoms with Gasteiger partial charge >= 0.3 is 5.97 Å². The topological polar surface area (TPSA) is 82.5 Å². The normalized spacial score (nSPS) is 17.9. The van der Waals surface area contributed by atoms with Gasteiger partial charge in [0, 0.05) is 36.7 Å². The van der Waals surface area contributed by atoms with Crippen LogP contribution in [-0.4, -0.2) is 58.3 Å². The predicted molar refractivity (Wildman–Crippen MR) is 92.3 cm³/mol. The average molecular weight is 358 g/mol. The second-order valence-electron chi connectivity index (χ2n) is 5.49. The van der Waals surface area contributed by atoms with Crippen molar-refractivity contribution in [3.05, 3.63) is 11.1 Å². The third-order valence-electron chi connectivity index (χ3n) is 3.80. The van der Waals surface area contributed by atoms with E-state index in [1.807, 2.05) is 4.90 Å². The Morgan fingerprint density at radius 2 is 2.43 bits per heavy atom. The molecule has 2 heterocycles. The van der Waals surface area contributed by atoms with Crippen molar-refractivity contribution >= 4 is 35.0 Å². The first kappa shape index (κ1) is 18.2. The number of nitrogens with one attached hydrogen (secondary N) is 1. The molecule has 8 heteroatoms. The van der Waals surface area contributed by atoms with Crippen molar-refractivity contribution in [3.63, 3.8) is 0 Å². The molecule has 0 aliphatic carbocycles. The summed E-state index contributed by atoms with van der Waals surface area (Å²) < 4.78 is 0.742. The summed E-state index contributed by atoms with van der Waals surface area (Å²) in [6.07, 6.45) is 3.88. The molecule has 1 aromatic heterocycles. The van der Waals surface area contributed by atoms with Gasteiger partial charge in [0.25, 0.3) is 0 Å². The van der Waals surface area contributed by atoms with Gasteiger partial charge in [-0.2, -0.15) is 0 Å². The van der Waals surface area contributed by atoms with Gasteiger partial charge in [-0.25, -0.2) is 9.78 Å². The highest BCUT2D eigenvalue weighted by atomic mass is 32.2. The van der Waals surface area contributed by atoms with E-state index in [0.717, 1.165) is 36.0 Å². The Bertz CT molecular complexity index is 536. The molecule has 6 nitrogen and oxygen atoms in total. The molecule has 1 aromatic rings. The molecular weight excluding hydrogens is 334 g/mol. The number of hydrogen-bond acceptors (Lipinski definition) is 6. The lowest BCUT2D eigenvalue weighted by Crippen LogP contribution is -2.41. The molecule has 23 heavy (non-hydrogen) atoms. The SMILES string of the molecule is CCCCNC[C@H]1CCC(=O)N1CCSc1nc(C(=O)O)cs1. The standard InChI is InChI=1S/C15H23N3O3S2/c1-2-3-6-16-9-11-4-5-13(19)18(11)7-8-22-15-17-12(10-23-15)14(20)21/h10-11,16H,2-9H2,1H3,(H,20,21)/t11-/m1/s1. The lowest BCUT2D eigenvalue weighted by molar-refractivity contribution is -0.128. The Morgan fingerprint density at radius 1 is 1.61 bits per heavy atom. The number of thiazole rings is 1. The molecule has 1 atom stereocenters. The van der Waals surface area contributed by atoms with Crippen molar-refractivity contribution in [2.24, 2.45) is 0 Å². The third-order valence-corrected chi connectivity index (χ3v) is 5.80. The lowest BCUT2D eigenvalue weighted by atomic mass is 10.2. The Balaban J connectivity index is 1.75. The van der Waals surface area contributed by atoms with E-state index < -0.39 is 5.97 Å². The van der Waals surface area contributed by atoms with Crippen molar-refractivity contribution in [3.8, 4) is 0 Å². The summed E-state index contributed by atoms with van der Waals surface area (Å²) in [5.41, 5.74) is 0.0905. The van der Waals surface area contributed by atoms with Crippen molar-refractivity contribution in [2.75, 3.05) is 25.4 Å². The number of aromatic nitrogens is 1. The van der Waals surface area contributed by atoms with Crippen LogP contribution in [0.2, 0.25) is 0 Å². The van der Waals surface area contributed by atoms with E-state index >= 15 is 0 Å². The number of likely N-dealkylation sites (tertiary alicyclic amines) is 1. The Kier molecular flexibility index (Phi) is 7.32. The molecule has 0 aromatic carbocycles. The Morgan fingerprint density at radius 3 is 3.13 bits per heavy atom. The van der Waals surface area contributed by atoms with Crippen LogP contribution in [0, 0.1) is 0 Å². The van der Waals surface area contributed by atoms with E-state index in [4.69, 9.17) is 5.11 Å². The van der Waals surface area contributed by atoms with Crippen LogP contribution in [-0.2, 0) is 4.79 Å². The molecule has 0 saturated carbocycles. The van der Waals surface area contributed by atoms with Gasteiger partial charge in [-0.3, -0.25) is 4.79 Å². The van der Waals surface area contributed by atoms with Gasteiger partial charge in [0.1, 0.15) is 0 Å². The second kappa shape index (κ2) is 9.24. The number of rotatable bonds is 10. The molecule has 2 rings (SSSR count). The zero-order valence-corrected chi connectivity index (χ0v) is 14.9. The van der Waals surface area contributed by atoms with Crippen LogP contribution in [0.1, 0.15) is 43.1 Å². The molecule has 1 amide bonds. The maximum atomic E-state index is 12.0. The summed E-state index contributed by atoms with van der Waals surface area (Å²) in [7, 11) is 0. The van der Waals surface area contributed by atoms with E-state index in [0.29, 0.717) is 13.0 Å². The number of amides is 1. The van der Waals surface area contributed by atoms with Gasteiger partial charge in [0.2, 0.25) is 5.91 Å². The average Bonchev–Trinajstić information content (AvgIpc) is 3.13. The number of aromatic carboxylic acids is 1. The molecule has 0 spiro atoms. The first-order valence-electron chi connectivity index (χ1n) is 7.93. The van der Waals surface area contributed by atoms with Gasteiger partial charge in [0.15, 0.2) is 10.0 Å². The number of carboxylic acid groups (broad SMARTS) is 1. The maximum absolute atomic E-state index is 12.0. The van der Waals surface area contributed by atoms with Gasteiger partial charge < -0.3 is 15.3 Å². The largest absolute Gasteiger partial charge is 0.476 e. The molecule has 0 radical (unpaired) electrons. The van der Waals surface area contributed by atoms with Crippen LogP contribution < -0.4 is 5.32 Å². The fraction of sp³-hybridized carbons (Fsp3) is 0.667. The molecule has 1 fully saturated rings. The van der Waals surface area contributed by atoms with E-state index in [2.05, 4.69) is 17.2 Å². The zero-order valence-electron chi connectivity index (χ0n) is 13.3. The summed E-state index contributed by atoms with van der Waals surface area (Å²) in [6.45, 7) is 4.71. The molecule has 1 saturated heterocycles. The fourth-order valence-corrected chi connectivity index (χ4v) is 4.35. The Labute approximate surface area is 144 Å². The zero-order chi connectivity index (χ0) is 16.7. The molecule has 2 N–H and O–H groups in total. The van der Waals surface area contributed by atoms with Crippen molar-refractivity contribution in [1.82, 2.24) is 15.2 Å². The van der Waals surface area contributed by atoms with Crippen molar-refractivity contribution in [2.45, 2.75) is 43.0 Å².